The molecule has 0 amide bonds. The molecule has 0 N–H and O–H groups in total. The smallest absolute Gasteiger partial charge is 0.306 e. The summed E-state index contributed by atoms with van der Waals surface area (Å²) in [6.45, 7) is 8.12. The third-order valence-electron chi connectivity index (χ3n) is 3.34. The van der Waals surface area contributed by atoms with Crippen LogP contribution < -0.4 is 4.90 Å². The largest absolute Gasteiger partial charge is 0.466 e. The number of hydrogen-bond donors (Lipinski definition) is 0. The standard InChI is InChI=1S/C15H26N2O3S/c1-5-12(3)17(9-10-19-4)15-16-13(11-21-15)7-8-14(18)20-6-2/h11-12H,5-10H2,1-4H3. The van der Waals surface area contributed by atoms with E-state index < -0.39 is 0 Å². The number of esters is 1. The lowest BCUT2D eigenvalue weighted by atomic mass is 10.2. The number of carbonyl (C=O) groups is 1. The summed E-state index contributed by atoms with van der Waals surface area (Å²) < 4.78 is 10.1. The third kappa shape index (κ3) is 6.01. The molecule has 0 bridgehead atoms. The van der Waals surface area contributed by atoms with Crippen LogP contribution in [0.5, 0.6) is 0 Å². The normalized spacial score (nSPS) is 12.2. The lowest BCUT2D eigenvalue weighted by Crippen LogP contribution is -2.35. The lowest BCUT2D eigenvalue weighted by molar-refractivity contribution is -0.143. The van der Waals surface area contributed by atoms with Gasteiger partial charge in [-0.25, -0.2) is 4.98 Å². The van der Waals surface area contributed by atoms with Gasteiger partial charge in [-0.3, -0.25) is 4.79 Å². The van der Waals surface area contributed by atoms with Gasteiger partial charge in [-0.1, -0.05) is 6.92 Å². The Bertz CT molecular complexity index is 423. The fourth-order valence-corrected chi connectivity index (χ4v) is 2.91. The molecule has 1 aromatic heterocycles. The Hall–Kier alpha value is -1.14. The molecule has 0 saturated carbocycles. The highest BCUT2D eigenvalue weighted by Gasteiger charge is 2.16. The summed E-state index contributed by atoms with van der Waals surface area (Å²) in [5.41, 5.74) is 0.953. The summed E-state index contributed by atoms with van der Waals surface area (Å²) >= 11 is 1.62. The molecule has 0 aliphatic carbocycles. The van der Waals surface area contributed by atoms with E-state index in [0.29, 0.717) is 32.1 Å². The van der Waals surface area contributed by atoms with E-state index in [0.717, 1.165) is 23.8 Å². The van der Waals surface area contributed by atoms with Gasteiger partial charge in [0.05, 0.1) is 25.3 Å². The van der Waals surface area contributed by atoms with Gasteiger partial charge in [-0.05, 0) is 20.3 Å². The molecule has 0 spiro atoms. The van der Waals surface area contributed by atoms with E-state index in [2.05, 4.69) is 23.7 Å². The number of methoxy groups -OCH3 is 1. The molecule has 0 radical (unpaired) electrons. The van der Waals surface area contributed by atoms with Crippen LogP contribution in [0.15, 0.2) is 5.38 Å². The Kier molecular flexibility index (Phi) is 8.30. The first-order valence-corrected chi connectivity index (χ1v) is 8.35. The Labute approximate surface area is 131 Å². The second-order valence-electron chi connectivity index (χ2n) is 4.87. The summed E-state index contributed by atoms with van der Waals surface area (Å²) in [5.74, 6) is -0.162. The van der Waals surface area contributed by atoms with Crippen LogP contribution in [0.1, 0.15) is 39.3 Å². The summed E-state index contributed by atoms with van der Waals surface area (Å²) in [5, 5.41) is 3.02. The molecule has 1 unspecified atom stereocenters. The van der Waals surface area contributed by atoms with E-state index in [1.807, 2.05) is 12.3 Å². The quantitative estimate of drug-likeness (QED) is 0.622. The van der Waals surface area contributed by atoms with E-state index in [-0.39, 0.29) is 5.97 Å². The van der Waals surface area contributed by atoms with Crippen LogP contribution in [0.4, 0.5) is 5.13 Å². The van der Waals surface area contributed by atoms with Gasteiger partial charge < -0.3 is 14.4 Å². The number of carbonyl (C=O) groups excluding carboxylic acids is 1. The van der Waals surface area contributed by atoms with E-state index >= 15 is 0 Å². The van der Waals surface area contributed by atoms with Gasteiger partial charge in [0.2, 0.25) is 0 Å². The molecule has 21 heavy (non-hydrogen) atoms. The third-order valence-corrected chi connectivity index (χ3v) is 4.26. The minimum absolute atomic E-state index is 0.162. The van der Waals surface area contributed by atoms with Gasteiger partial charge >= 0.3 is 5.97 Å². The zero-order valence-electron chi connectivity index (χ0n) is 13.4. The minimum Gasteiger partial charge on any atom is -0.466 e. The minimum atomic E-state index is -0.162. The van der Waals surface area contributed by atoms with Crippen molar-refractivity contribution in [1.29, 1.82) is 0 Å². The van der Waals surface area contributed by atoms with Gasteiger partial charge in [0.15, 0.2) is 5.13 Å². The van der Waals surface area contributed by atoms with Crippen molar-refractivity contribution in [3.05, 3.63) is 11.1 Å². The van der Waals surface area contributed by atoms with E-state index in [1.54, 1.807) is 18.4 Å². The maximum atomic E-state index is 11.4. The Morgan fingerprint density at radius 2 is 2.24 bits per heavy atom. The zero-order valence-corrected chi connectivity index (χ0v) is 14.2. The van der Waals surface area contributed by atoms with E-state index in [9.17, 15) is 4.79 Å². The molecule has 0 saturated heterocycles. The van der Waals surface area contributed by atoms with Crippen LogP contribution in [0.2, 0.25) is 0 Å². The Balaban J connectivity index is 2.63. The average molecular weight is 314 g/mol. The van der Waals surface area contributed by atoms with Crippen LogP contribution >= 0.6 is 11.3 Å². The highest BCUT2D eigenvalue weighted by molar-refractivity contribution is 7.13. The monoisotopic (exact) mass is 314 g/mol. The fraction of sp³-hybridized carbons (Fsp3) is 0.733. The molecule has 120 valence electrons. The van der Waals surface area contributed by atoms with Gasteiger partial charge in [-0.2, -0.15) is 0 Å². The molecule has 5 nitrogen and oxygen atoms in total. The van der Waals surface area contributed by atoms with Crippen molar-refractivity contribution in [2.45, 2.75) is 46.1 Å². The number of thiazole rings is 1. The van der Waals surface area contributed by atoms with Crippen molar-refractivity contribution >= 4 is 22.4 Å². The predicted molar refractivity (Wildman–Crippen MR) is 86.0 cm³/mol. The average Bonchev–Trinajstić information content (AvgIpc) is 2.94. The molecule has 0 aromatic carbocycles. The molecule has 0 aliphatic rings. The highest BCUT2D eigenvalue weighted by atomic mass is 32.1. The maximum Gasteiger partial charge on any atom is 0.306 e. The maximum absolute atomic E-state index is 11.4. The number of ether oxygens (including phenoxy) is 2. The van der Waals surface area contributed by atoms with Crippen molar-refractivity contribution in [1.82, 2.24) is 4.98 Å². The highest BCUT2D eigenvalue weighted by Crippen LogP contribution is 2.24. The molecular weight excluding hydrogens is 288 g/mol. The van der Waals surface area contributed by atoms with Gasteiger partial charge in [0, 0.05) is 31.5 Å². The summed E-state index contributed by atoms with van der Waals surface area (Å²) in [4.78, 5) is 18.3. The summed E-state index contributed by atoms with van der Waals surface area (Å²) in [7, 11) is 1.71. The fourth-order valence-electron chi connectivity index (χ4n) is 1.92. The molecular formula is C15H26N2O3S. The summed E-state index contributed by atoms with van der Waals surface area (Å²) in [6.07, 6.45) is 2.08. The van der Waals surface area contributed by atoms with Crippen molar-refractivity contribution in [3.63, 3.8) is 0 Å². The molecule has 0 fully saturated rings. The van der Waals surface area contributed by atoms with Gasteiger partial charge in [0.1, 0.15) is 0 Å². The Morgan fingerprint density at radius 3 is 2.86 bits per heavy atom. The number of aromatic nitrogens is 1. The number of anilines is 1. The zero-order chi connectivity index (χ0) is 15.7. The van der Waals surface area contributed by atoms with Gasteiger partial charge in [0.25, 0.3) is 0 Å². The second kappa shape index (κ2) is 9.73. The van der Waals surface area contributed by atoms with Crippen LogP contribution in [-0.4, -0.2) is 43.9 Å². The van der Waals surface area contributed by atoms with Crippen molar-refractivity contribution < 1.29 is 14.3 Å². The van der Waals surface area contributed by atoms with Crippen molar-refractivity contribution in [2.75, 3.05) is 31.8 Å². The van der Waals surface area contributed by atoms with Crippen LogP contribution in [0, 0.1) is 0 Å². The summed E-state index contributed by atoms with van der Waals surface area (Å²) in [6, 6.07) is 0.421. The molecule has 6 heteroatoms. The van der Waals surface area contributed by atoms with Crippen molar-refractivity contribution in [2.24, 2.45) is 0 Å². The number of aryl methyl sites for hydroxylation is 1. The molecule has 1 atom stereocenters. The Morgan fingerprint density at radius 1 is 1.48 bits per heavy atom. The van der Waals surface area contributed by atoms with Crippen LogP contribution in [0.3, 0.4) is 0 Å². The number of nitrogens with zero attached hydrogens (tertiary/aromatic N) is 2. The number of rotatable bonds is 10. The van der Waals surface area contributed by atoms with Crippen LogP contribution in [-0.2, 0) is 20.7 Å². The second-order valence-corrected chi connectivity index (χ2v) is 5.71. The first kappa shape index (κ1) is 17.9. The lowest BCUT2D eigenvalue weighted by Gasteiger charge is -2.27. The van der Waals surface area contributed by atoms with E-state index in [1.165, 1.54) is 0 Å². The predicted octanol–water partition coefficient (Wildman–Crippen LogP) is 2.89. The first-order chi connectivity index (χ1) is 10.1. The van der Waals surface area contributed by atoms with Crippen LogP contribution in [0.25, 0.3) is 0 Å². The SMILES string of the molecule is CCOC(=O)CCc1csc(N(CCOC)C(C)CC)n1. The molecule has 1 rings (SSSR count). The topological polar surface area (TPSA) is 51.7 Å². The van der Waals surface area contributed by atoms with E-state index in [4.69, 9.17) is 9.47 Å². The van der Waals surface area contributed by atoms with Crippen molar-refractivity contribution in [3.8, 4) is 0 Å². The molecule has 1 aromatic rings. The molecule has 0 aliphatic heterocycles. The van der Waals surface area contributed by atoms with Gasteiger partial charge in [-0.15, -0.1) is 11.3 Å². The molecule has 1 heterocycles. The number of hydrogen-bond acceptors (Lipinski definition) is 6. The first-order valence-electron chi connectivity index (χ1n) is 7.47.